The molecule has 0 fully saturated rings. The van der Waals surface area contributed by atoms with Crippen molar-refractivity contribution in [1.82, 2.24) is 19.9 Å². The molecule has 0 aliphatic heterocycles. The molecule has 48 nitrogen and oxygen atoms in total. The molecule has 88 heavy (non-hydrogen) atoms. The molecule has 0 saturated heterocycles. The molecule has 4 aromatic heterocycles. The Balaban J connectivity index is -0.0000000327. The van der Waals surface area contributed by atoms with Crippen molar-refractivity contribution in [3.05, 3.63) is 243 Å². The fraction of sp³-hybridized carbons (Fsp3) is 0.235. The van der Waals surface area contributed by atoms with Crippen molar-refractivity contribution < 1.29 is 217 Å². The standard InChI is InChI=1S/2C11H8N2O2.6C2H3N.4Cu.2Dy.8NO3.2H2O/c2*14-11(15,9-5-1-3-7-12-9)10-6-2-4-8-13-10;6*1-2-3;;;;;;;8*2-1(3)4;;/h2*1-8H;6*1H3;;;;;;;;;;;;;;;2*1H2/q2*-2;;;;;;;4*+2;2*+3;8*-1;;/p-2. The smallest absolute Gasteiger partial charge is 0.870 e. The van der Waals surface area contributed by atoms with Crippen molar-refractivity contribution in [2.45, 2.75) is 53.1 Å². The summed E-state index contributed by atoms with van der Waals surface area (Å²) in [5.41, 5.74) is -0.264. The van der Waals surface area contributed by atoms with Crippen LogP contribution < -0.4 is 20.4 Å². The van der Waals surface area contributed by atoms with Gasteiger partial charge in [0.05, 0.1) is 77.1 Å². The molecule has 506 valence electrons. The zero-order chi connectivity index (χ0) is 66.3. The van der Waals surface area contributed by atoms with Gasteiger partial charge in [0.25, 0.3) is 0 Å². The number of nitriles is 6. The Labute approximate surface area is 595 Å². The quantitative estimate of drug-likeness (QED) is 0.110. The molecule has 2 N–H and O–H groups in total. The maximum atomic E-state index is 11.8. The molecule has 0 atom stereocenters. The van der Waals surface area contributed by atoms with Gasteiger partial charge in [0.15, 0.2) is 0 Å². The summed E-state index contributed by atoms with van der Waals surface area (Å²) in [5, 5.41) is 209. The van der Waals surface area contributed by atoms with E-state index in [1.807, 2.05) is 0 Å². The van der Waals surface area contributed by atoms with Crippen molar-refractivity contribution in [1.29, 1.82) is 31.6 Å². The first-order valence-corrected chi connectivity index (χ1v) is 17.6. The van der Waals surface area contributed by atoms with Gasteiger partial charge in [-0.1, -0.05) is 24.3 Å². The van der Waals surface area contributed by atoms with E-state index >= 15 is 0 Å². The second-order valence-electron chi connectivity index (χ2n) is 9.22. The van der Waals surface area contributed by atoms with Gasteiger partial charge in [-0.05, 0) is 48.5 Å². The molecule has 0 bridgehead atoms. The molecule has 0 unspecified atom stereocenters. The third-order valence-corrected chi connectivity index (χ3v) is 4.01. The van der Waals surface area contributed by atoms with Crippen LogP contribution >= 0.6 is 0 Å². The summed E-state index contributed by atoms with van der Waals surface area (Å²) in [5.74, 6) is -5.27. The van der Waals surface area contributed by atoms with Gasteiger partial charge in [0.1, 0.15) is 0 Å². The predicted molar refractivity (Wildman–Crippen MR) is 253 cm³/mol. The van der Waals surface area contributed by atoms with E-state index in [0.29, 0.717) is 0 Å². The minimum absolute atomic E-state index is 0. The summed E-state index contributed by atoms with van der Waals surface area (Å²) in [6, 6.07) is 29.2. The van der Waals surface area contributed by atoms with Gasteiger partial charge in [-0.2, -0.15) is 31.6 Å². The molecule has 54 heteroatoms. The van der Waals surface area contributed by atoms with E-state index in [1.165, 1.54) is 90.6 Å². The first-order chi connectivity index (χ1) is 36.8. The van der Waals surface area contributed by atoms with E-state index in [0.717, 1.165) is 0 Å². The number of aromatic nitrogens is 4. The molecule has 0 saturated carbocycles. The average Bonchev–Trinajstić information content (AvgIpc) is 3.31. The molecule has 0 aliphatic rings. The van der Waals surface area contributed by atoms with Gasteiger partial charge in [-0.25, -0.2) is 0 Å². The van der Waals surface area contributed by atoms with Gasteiger partial charge >= 0.3 is 145 Å². The summed E-state index contributed by atoms with van der Waals surface area (Å²) in [6.07, 6.45) is 5.68. The maximum absolute atomic E-state index is 11.8. The molecule has 4 heterocycles. The second-order valence-corrected chi connectivity index (χ2v) is 9.22. The predicted octanol–water partition coefficient (Wildman–Crippen LogP) is -0.301. The average molecular weight is 1760 g/mol. The Morgan fingerprint density at radius 3 is 0.432 bits per heavy atom. The summed E-state index contributed by atoms with van der Waals surface area (Å²) < 4.78 is 0. The summed E-state index contributed by atoms with van der Waals surface area (Å²) in [7, 11) is 0. The fourth-order valence-electron chi connectivity index (χ4n) is 2.49. The SMILES string of the molecule is CC#N.CC#N.CC#N.CC#N.CC#N.CC#N.O=[N+]([O-])[O-].O=[N+]([O-])[O-].O=[N+]([O-])[O-].O=[N+]([O-])[O-].O=[N+]([O-])[O-].O=[N+]([O-])[O-].O=[N+]([O-])[O-].O=[N+]([O-])[O-].[Cu+2].[Cu+2].[Cu+2].[Cu+2].[Dy+3].[Dy+3].[O-]C([O-])(c1ccccn1)c1ccccn1.[O-]C([O-])(c1ccccn1)c1ccccn1.[OH-].[OH-]. The van der Waals surface area contributed by atoms with E-state index in [9.17, 15) is 20.4 Å². The Kier molecular flexibility index (Phi) is 173. The molecule has 0 amide bonds. The Bertz CT molecular complexity index is 2050. The zero-order valence-corrected chi connectivity index (χ0v) is 51.3. The molecule has 0 aliphatic carbocycles. The topological polar surface area (TPSA) is 876 Å². The van der Waals surface area contributed by atoms with Crippen LogP contribution in [0.25, 0.3) is 0 Å². The normalized spacial score (nSPS) is 6.59. The fourth-order valence-corrected chi connectivity index (χ4v) is 2.49. The Morgan fingerprint density at radius 1 is 0.295 bits per heavy atom. The molecule has 0 aromatic carbocycles. The number of nitrogens with zero attached hydrogens (tertiary/aromatic N) is 18. The van der Waals surface area contributed by atoms with Crippen LogP contribution in [0.3, 0.4) is 0 Å². The van der Waals surface area contributed by atoms with E-state index < -0.39 is 52.3 Å². The van der Waals surface area contributed by atoms with Crippen molar-refractivity contribution >= 4 is 0 Å². The zero-order valence-electron chi connectivity index (χ0n) is 43.5. The van der Waals surface area contributed by atoms with Gasteiger partial charge in [0.2, 0.25) is 0 Å². The van der Waals surface area contributed by atoms with Crippen LogP contribution in [0.15, 0.2) is 97.6 Å². The third-order valence-electron chi connectivity index (χ3n) is 4.01. The number of hydrogen-bond donors (Lipinski definition) is 0. The van der Waals surface area contributed by atoms with Crippen LogP contribution in [0.2, 0.25) is 0 Å². The van der Waals surface area contributed by atoms with Crippen molar-refractivity contribution in [2.24, 2.45) is 0 Å². The van der Waals surface area contributed by atoms with Crippen LogP contribution in [-0.2, 0) is 79.8 Å². The van der Waals surface area contributed by atoms with Crippen LogP contribution in [0, 0.1) is 267 Å². The van der Waals surface area contributed by atoms with Gasteiger partial charge in [-0.15, -0.1) is 11.6 Å². The Morgan fingerprint density at radius 2 is 0.375 bits per heavy atom. The largest absolute Gasteiger partial charge is 3.00 e. The first-order valence-electron chi connectivity index (χ1n) is 17.6. The van der Waals surface area contributed by atoms with Crippen molar-refractivity contribution in [3.63, 3.8) is 0 Å². The molecule has 4 rings (SSSR count). The summed E-state index contributed by atoms with van der Waals surface area (Å²) in [6.45, 7) is 8.58. The molecule has 6 radical (unpaired) electrons. The minimum Gasteiger partial charge on any atom is -0.870 e. The molecule has 4 aromatic rings. The Hall–Kier alpha value is -8.48. The molecular formula is C34H36Cu4Dy2N18O30. The van der Waals surface area contributed by atoms with E-state index in [4.69, 9.17) is 154 Å². The monoisotopic (exact) mass is 1760 g/mol. The number of hydrogen-bond acceptors (Lipinski definition) is 40. The van der Waals surface area contributed by atoms with Crippen molar-refractivity contribution in [2.75, 3.05) is 0 Å². The van der Waals surface area contributed by atoms with Crippen LogP contribution in [0.4, 0.5) is 0 Å². The van der Waals surface area contributed by atoms with E-state index in [1.54, 1.807) is 84.9 Å². The van der Waals surface area contributed by atoms with E-state index in [2.05, 4.69) is 19.9 Å². The molecular weight excluding hydrogens is 1720 g/mol. The van der Waals surface area contributed by atoms with Gasteiger partial charge < -0.3 is 154 Å². The van der Waals surface area contributed by atoms with Gasteiger partial charge in [-0.3, -0.25) is 19.9 Å². The first kappa shape index (κ1) is 138. The third kappa shape index (κ3) is 201. The summed E-state index contributed by atoms with van der Waals surface area (Å²) >= 11 is 0. The minimum atomic E-state index is -2.64. The van der Waals surface area contributed by atoms with Crippen molar-refractivity contribution in [3.8, 4) is 36.4 Å². The van der Waals surface area contributed by atoms with Crippen LogP contribution in [0.5, 0.6) is 0 Å². The van der Waals surface area contributed by atoms with Gasteiger partial charge in [0, 0.05) is 89.1 Å². The van der Waals surface area contributed by atoms with Crippen LogP contribution in [0.1, 0.15) is 64.3 Å². The number of pyridine rings is 4. The summed E-state index contributed by atoms with van der Waals surface area (Å²) in [4.78, 5) is 81.0. The van der Waals surface area contributed by atoms with Crippen LogP contribution in [-0.4, -0.2) is 71.6 Å². The maximum Gasteiger partial charge on any atom is 3.00 e. The number of rotatable bonds is 4. The molecule has 0 spiro atoms. The second kappa shape index (κ2) is 110. The van der Waals surface area contributed by atoms with E-state index in [-0.39, 0.29) is 178 Å².